The Morgan fingerprint density at radius 1 is 1.44 bits per heavy atom. The molecule has 0 saturated carbocycles. The second-order valence-electron chi connectivity index (χ2n) is 5.27. The van der Waals surface area contributed by atoms with E-state index in [9.17, 15) is 9.90 Å². The van der Waals surface area contributed by atoms with E-state index in [0.29, 0.717) is 0 Å². The van der Waals surface area contributed by atoms with Crippen molar-refractivity contribution in [2.75, 3.05) is 31.1 Å². The maximum absolute atomic E-state index is 11.6. The summed E-state index contributed by atoms with van der Waals surface area (Å²) in [4.78, 5) is 13.9. The van der Waals surface area contributed by atoms with Crippen LogP contribution in [-0.2, 0) is 4.79 Å². The lowest BCUT2D eigenvalue weighted by Gasteiger charge is -2.40. The molecule has 1 saturated heterocycles. The maximum Gasteiger partial charge on any atom is 0.310 e. The highest BCUT2D eigenvalue weighted by Crippen LogP contribution is 2.35. The van der Waals surface area contributed by atoms with Crippen molar-refractivity contribution in [1.82, 2.24) is 4.90 Å². The van der Waals surface area contributed by atoms with Crippen LogP contribution in [0.2, 0.25) is 0 Å². The van der Waals surface area contributed by atoms with Gasteiger partial charge in [-0.05, 0) is 50.3 Å². The monoisotopic (exact) mass is 273 g/mol. The van der Waals surface area contributed by atoms with Crippen molar-refractivity contribution in [3.63, 3.8) is 0 Å². The topological polar surface area (TPSA) is 40.5 Å². The number of likely N-dealkylation sites (tertiary alicyclic amines) is 1. The fraction of sp³-hybridized carbons (Fsp3) is 0.929. The first kappa shape index (κ1) is 15.8. The molecule has 0 bridgehead atoms. The Morgan fingerprint density at radius 3 is 2.83 bits per heavy atom. The summed E-state index contributed by atoms with van der Waals surface area (Å²) >= 11 is 1.97. The maximum atomic E-state index is 11.6. The molecule has 1 N–H and O–H groups in total. The van der Waals surface area contributed by atoms with Crippen LogP contribution in [0, 0.1) is 5.41 Å². The highest BCUT2D eigenvalue weighted by Gasteiger charge is 2.41. The summed E-state index contributed by atoms with van der Waals surface area (Å²) in [6.45, 7) is 7.16. The van der Waals surface area contributed by atoms with Crippen LogP contribution in [0.4, 0.5) is 0 Å². The number of carbonyl (C=O) groups is 1. The zero-order valence-corrected chi connectivity index (χ0v) is 12.6. The van der Waals surface area contributed by atoms with Gasteiger partial charge >= 0.3 is 5.97 Å². The Kier molecular flexibility index (Phi) is 7.08. The predicted octanol–water partition coefficient (Wildman–Crippen LogP) is 3.10. The third-order valence-corrected chi connectivity index (χ3v) is 4.79. The van der Waals surface area contributed by atoms with Crippen LogP contribution < -0.4 is 0 Å². The van der Waals surface area contributed by atoms with Crippen molar-refractivity contribution >= 4 is 17.7 Å². The molecule has 1 rings (SSSR count). The molecule has 0 aromatic rings. The van der Waals surface area contributed by atoms with Crippen LogP contribution in [0.1, 0.15) is 46.0 Å². The molecule has 1 atom stereocenters. The first-order valence-corrected chi connectivity index (χ1v) is 8.33. The largest absolute Gasteiger partial charge is 0.481 e. The molecule has 1 fully saturated rings. The van der Waals surface area contributed by atoms with Gasteiger partial charge in [-0.25, -0.2) is 0 Å². The van der Waals surface area contributed by atoms with E-state index in [1.807, 2.05) is 11.8 Å². The molecule has 0 aliphatic carbocycles. The summed E-state index contributed by atoms with van der Waals surface area (Å²) in [6.07, 6.45) is 4.86. The molecule has 0 radical (unpaired) electrons. The third kappa shape index (κ3) is 4.47. The molecule has 0 amide bonds. The Balaban J connectivity index is 2.45. The normalized spacial score (nSPS) is 25.2. The molecule has 1 unspecified atom stereocenters. The molecule has 0 spiro atoms. The summed E-state index contributed by atoms with van der Waals surface area (Å²) in [5.41, 5.74) is -0.467. The third-order valence-electron chi connectivity index (χ3n) is 3.81. The summed E-state index contributed by atoms with van der Waals surface area (Å²) in [6, 6.07) is 0. The van der Waals surface area contributed by atoms with Crippen molar-refractivity contribution in [2.24, 2.45) is 5.41 Å². The van der Waals surface area contributed by atoms with Gasteiger partial charge in [-0.3, -0.25) is 4.79 Å². The van der Waals surface area contributed by atoms with Crippen molar-refractivity contribution in [3.8, 4) is 0 Å². The summed E-state index contributed by atoms with van der Waals surface area (Å²) in [5.74, 6) is 1.78. The quantitative estimate of drug-likeness (QED) is 0.690. The van der Waals surface area contributed by atoms with Gasteiger partial charge < -0.3 is 10.0 Å². The summed E-state index contributed by atoms with van der Waals surface area (Å²) in [5, 5.41) is 9.52. The number of hydrogen-bond acceptors (Lipinski definition) is 3. The van der Waals surface area contributed by atoms with Crippen molar-refractivity contribution in [3.05, 3.63) is 0 Å². The van der Waals surface area contributed by atoms with Gasteiger partial charge in [0.15, 0.2) is 0 Å². The SMILES string of the molecule is CCCC1(C(=O)O)CCCN(CCCSCC)C1. The molecular formula is C14H27NO2S. The summed E-state index contributed by atoms with van der Waals surface area (Å²) in [7, 11) is 0. The Bertz CT molecular complexity index is 256. The molecule has 1 aliphatic rings. The highest BCUT2D eigenvalue weighted by molar-refractivity contribution is 7.99. The molecule has 3 nitrogen and oxygen atoms in total. The van der Waals surface area contributed by atoms with Crippen molar-refractivity contribution in [2.45, 2.75) is 46.0 Å². The lowest BCUT2D eigenvalue weighted by molar-refractivity contribution is -0.153. The van der Waals surface area contributed by atoms with Gasteiger partial charge in [0, 0.05) is 6.54 Å². The number of nitrogens with zero attached hydrogens (tertiary/aromatic N) is 1. The Hall–Kier alpha value is -0.220. The van der Waals surface area contributed by atoms with Crippen LogP contribution in [0.3, 0.4) is 0 Å². The average Bonchev–Trinajstić information content (AvgIpc) is 2.35. The Labute approximate surface area is 115 Å². The molecule has 0 aromatic heterocycles. The van der Waals surface area contributed by atoms with E-state index < -0.39 is 11.4 Å². The second-order valence-corrected chi connectivity index (χ2v) is 6.66. The van der Waals surface area contributed by atoms with Gasteiger partial charge in [0.2, 0.25) is 0 Å². The molecule has 106 valence electrons. The van der Waals surface area contributed by atoms with Crippen LogP contribution >= 0.6 is 11.8 Å². The minimum Gasteiger partial charge on any atom is -0.481 e. The number of carboxylic acid groups (broad SMARTS) is 1. The Morgan fingerprint density at radius 2 is 2.22 bits per heavy atom. The van der Waals surface area contributed by atoms with E-state index in [2.05, 4.69) is 18.7 Å². The van der Waals surface area contributed by atoms with Gasteiger partial charge in [-0.1, -0.05) is 20.3 Å². The molecule has 4 heteroatoms. The van der Waals surface area contributed by atoms with Crippen LogP contribution in [0.25, 0.3) is 0 Å². The first-order chi connectivity index (χ1) is 8.64. The second kappa shape index (κ2) is 8.05. The summed E-state index contributed by atoms with van der Waals surface area (Å²) < 4.78 is 0. The fourth-order valence-electron chi connectivity index (χ4n) is 2.92. The first-order valence-electron chi connectivity index (χ1n) is 7.18. The number of aliphatic carboxylic acids is 1. The molecule has 1 aliphatic heterocycles. The van der Waals surface area contributed by atoms with Crippen molar-refractivity contribution < 1.29 is 9.90 Å². The minimum absolute atomic E-state index is 0.467. The van der Waals surface area contributed by atoms with Crippen LogP contribution in [-0.4, -0.2) is 47.1 Å². The van der Waals surface area contributed by atoms with E-state index in [4.69, 9.17) is 0 Å². The fourth-order valence-corrected chi connectivity index (χ4v) is 3.54. The molecule has 0 aromatic carbocycles. The molecule has 18 heavy (non-hydrogen) atoms. The lowest BCUT2D eigenvalue weighted by atomic mass is 9.76. The smallest absolute Gasteiger partial charge is 0.310 e. The van der Waals surface area contributed by atoms with Gasteiger partial charge in [0.25, 0.3) is 0 Å². The van der Waals surface area contributed by atoms with Crippen molar-refractivity contribution in [1.29, 1.82) is 0 Å². The van der Waals surface area contributed by atoms with Crippen LogP contribution in [0.5, 0.6) is 0 Å². The predicted molar refractivity (Wildman–Crippen MR) is 78.3 cm³/mol. The van der Waals surface area contributed by atoms with E-state index in [0.717, 1.165) is 45.3 Å². The van der Waals surface area contributed by atoms with Crippen LogP contribution in [0.15, 0.2) is 0 Å². The standard InChI is InChI=1S/C14H27NO2S/c1-3-7-14(13(16)17)8-5-9-15(12-14)10-6-11-18-4-2/h3-12H2,1-2H3,(H,16,17). The van der Waals surface area contributed by atoms with Gasteiger partial charge in [0.1, 0.15) is 0 Å². The number of piperidine rings is 1. The van der Waals surface area contributed by atoms with Gasteiger partial charge in [-0.2, -0.15) is 11.8 Å². The number of rotatable bonds is 8. The van der Waals surface area contributed by atoms with E-state index >= 15 is 0 Å². The van der Waals surface area contributed by atoms with Gasteiger partial charge in [0.05, 0.1) is 5.41 Å². The molecular weight excluding hydrogens is 246 g/mol. The number of hydrogen-bond donors (Lipinski definition) is 1. The van der Waals surface area contributed by atoms with E-state index in [-0.39, 0.29) is 0 Å². The highest BCUT2D eigenvalue weighted by atomic mass is 32.2. The minimum atomic E-state index is -0.586. The molecule has 1 heterocycles. The van der Waals surface area contributed by atoms with Gasteiger partial charge in [-0.15, -0.1) is 0 Å². The number of thioether (sulfide) groups is 1. The zero-order chi connectivity index (χ0) is 13.4. The lowest BCUT2D eigenvalue weighted by Crippen LogP contribution is -2.48. The van der Waals surface area contributed by atoms with E-state index in [1.165, 1.54) is 17.9 Å². The number of carboxylic acids is 1. The average molecular weight is 273 g/mol. The van der Waals surface area contributed by atoms with E-state index in [1.54, 1.807) is 0 Å². The zero-order valence-electron chi connectivity index (χ0n) is 11.8.